The van der Waals surface area contributed by atoms with E-state index in [2.05, 4.69) is 9.97 Å². The first-order valence-electron chi connectivity index (χ1n) is 4.82. The van der Waals surface area contributed by atoms with Gasteiger partial charge in [0.05, 0.1) is 12.7 Å². The van der Waals surface area contributed by atoms with E-state index in [9.17, 15) is 4.79 Å². The maximum Gasteiger partial charge on any atom is 0.253 e. The predicted octanol–water partition coefficient (Wildman–Crippen LogP) is 0.530. The Balaban J connectivity index is 1.89. The van der Waals surface area contributed by atoms with Crippen LogP contribution >= 0.6 is 0 Å². The molecule has 0 amide bonds. The summed E-state index contributed by atoms with van der Waals surface area (Å²) in [6.07, 6.45) is 9.39. The molecule has 0 unspecified atom stereocenters. The minimum Gasteiger partial charge on any atom is -0.337 e. The Labute approximate surface area is 87.0 Å². The Bertz CT molecular complexity index is 460. The second-order valence-electron chi connectivity index (χ2n) is 3.27. The largest absolute Gasteiger partial charge is 0.337 e. The number of aryl methyl sites for hydroxylation is 2. The van der Waals surface area contributed by atoms with Gasteiger partial charge in [-0.3, -0.25) is 9.36 Å². The van der Waals surface area contributed by atoms with E-state index in [4.69, 9.17) is 0 Å². The monoisotopic (exact) mass is 204 g/mol. The SMILES string of the molecule is O=c1ccncn1CCCn1ccnc1. The third kappa shape index (κ3) is 2.52. The van der Waals surface area contributed by atoms with Gasteiger partial charge in [0.2, 0.25) is 0 Å². The van der Waals surface area contributed by atoms with Crippen LogP contribution in [0.2, 0.25) is 0 Å². The first-order chi connectivity index (χ1) is 7.36. The van der Waals surface area contributed by atoms with Crippen molar-refractivity contribution in [1.82, 2.24) is 19.1 Å². The fourth-order valence-electron chi connectivity index (χ4n) is 1.39. The third-order valence-corrected chi connectivity index (χ3v) is 2.17. The summed E-state index contributed by atoms with van der Waals surface area (Å²) in [5.41, 5.74) is -0.00405. The Morgan fingerprint density at radius 3 is 2.73 bits per heavy atom. The van der Waals surface area contributed by atoms with Gasteiger partial charge in [-0.05, 0) is 6.42 Å². The van der Waals surface area contributed by atoms with E-state index in [0.29, 0.717) is 6.54 Å². The lowest BCUT2D eigenvalue weighted by atomic mass is 10.4. The first-order valence-corrected chi connectivity index (χ1v) is 4.82. The standard InChI is InChI=1S/C10H12N4O/c15-10-2-3-11-9-14(10)6-1-5-13-7-4-12-8-13/h2-4,7-9H,1,5-6H2. The van der Waals surface area contributed by atoms with Crippen LogP contribution in [0.5, 0.6) is 0 Å². The summed E-state index contributed by atoms with van der Waals surface area (Å²) in [6.45, 7) is 1.55. The molecule has 5 nitrogen and oxygen atoms in total. The van der Waals surface area contributed by atoms with Crippen molar-refractivity contribution in [1.29, 1.82) is 0 Å². The molecule has 2 heterocycles. The Morgan fingerprint density at radius 1 is 1.13 bits per heavy atom. The highest BCUT2D eigenvalue weighted by Crippen LogP contribution is 1.92. The maximum absolute atomic E-state index is 11.3. The van der Waals surface area contributed by atoms with Crippen LogP contribution < -0.4 is 5.56 Å². The van der Waals surface area contributed by atoms with E-state index in [1.54, 1.807) is 23.4 Å². The number of rotatable bonds is 4. The average molecular weight is 204 g/mol. The van der Waals surface area contributed by atoms with Gasteiger partial charge in [-0.15, -0.1) is 0 Å². The molecule has 0 radical (unpaired) electrons. The smallest absolute Gasteiger partial charge is 0.253 e. The third-order valence-electron chi connectivity index (χ3n) is 2.17. The molecule has 0 spiro atoms. The molecule has 0 atom stereocenters. The van der Waals surface area contributed by atoms with Crippen molar-refractivity contribution in [2.75, 3.05) is 0 Å². The van der Waals surface area contributed by atoms with Gasteiger partial charge in [-0.25, -0.2) is 9.97 Å². The fraction of sp³-hybridized carbons (Fsp3) is 0.300. The molecule has 0 bridgehead atoms. The Morgan fingerprint density at radius 2 is 2.00 bits per heavy atom. The molecule has 0 aliphatic rings. The molecule has 15 heavy (non-hydrogen) atoms. The van der Waals surface area contributed by atoms with Gasteiger partial charge in [0.15, 0.2) is 0 Å². The topological polar surface area (TPSA) is 52.7 Å². The fourth-order valence-corrected chi connectivity index (χ4v) is 1.39. The van der Waals surface area contributed by atoms with Crippen LogP contribution in [-0.4, -0.2) is 19.1 Å². The number of imidazole rings is 1. The second-order valence-corrected chi connectivity index (χ2v) is 3.27. The van der Waals surface area contributed by atoms with Crippen molar-refractivity contribution in [2.45, 2.75) is 19.5 Å². The minimum absolute atomic E-state index is 0.00405. The number of nitrogens with zero attached hydrogens (tertiary/aromatic N) is 4. The predicted molar refractivity (Wildman–Crippen MR) is 55.3 cm³/mol. The summed E-state index contributed by atoms with van der Waals surface area (Å²) in [6, 6.07) is 1.47. The van der Waals surface area contributed by atoms with Gasteiger partial charge in [0, 0.05) is 37.7 Å². The van der Waals surface area contributed by atoms with Crippen LogP contribution in [0.3, 0.4) is 0 Å². The average Bonchev–Trinajstić information content (AvgIpc) is 2.74. The van der Waals surface area contributed by atoms with Gasteiger partial charge < -0.3 is 4.57 Å². The molecule has 0 fully saturated rings. The van der Waals surface area contributed by atoms with E-state index in [1.807, 2.05) is 10.8 Å². The highest BCUT2D eigenvalue weighted by Gasteiger charge is 1.95. The van der Waals surface area contributed by atoms with E-state index < -0.39 is 0 Å². The van der Waals surface area contributed by atoms with Crippen molar-refractivity contribution >= 4 is 0 Å². The molecular weight excluding hydrogens is 192 g/mol. The number of hydrogen-bond acceptors (Lipinski definition) is 3. The van der Waals surface area contributed by atoms with Crippen LogP contribution in [0.1, 0.15) is 6.42 Å². The quantitative estimate of drug-likeness (QED) is 0.730. The summed E-state index contributed by atoms with van der Waals surface area (Å²) >= 11 is 0. The molecule has 0 saturated heterocycles. The van der Waals surface area contributed by atoms with Crippen molar-refractivity contribution < 1.29 is 0 Å². The Hall–Kier alpha value is -1.91. The number of hydrogen-bond donors (Lipinski definition) is 0. The van der Waals surface area contributed by atoms with Gasteiger partial charge in [0.1, 0.15) is 0 Å². The lowest BCUT2D eigenvalue weighted by Gasteiger charge is -2.04. The molecule has 0 aliphatic heterocycles. The zero-order valence-electron chi connectivity index (χ0n) is 8.28. The van der Waals surface area contributed by atoms with Gasteiger partial charge in [-0.2, -0.15) is 0 Å². The van der Waals surface area contributed by atoms with Gasteiger partial charge >= 0.3 is 0 Å². The van der Waals surface area contributed by atoms with Crippen LogP contribution in [0.4, 0.5) is 0 Å². The summed E-state index contributed by atoms with van der Waals surface area (Å²) < 4.78 is 3.60. The molecule has 2 aromatic rings. The van der Waals surface area contributed by atoms with Gasteiger partial charge in [0.25, 0.3) is 5.56 Å². The van der Waals surface area contributed by atoms with E-state index >= 15 is 0 Å². The number of aromatic nitrogens is 4. The highest BCUT2D eigenvalue weighted by molar-refractivity contribution is 4.82. The van der Waals surface area contributed by atoms with Crippen LogP contribution in [0, 0.1) is 0 Å². The molecular formula is C10H12N4O. The zero-order valence-corrected chi connectivity index (χ0v) is 8.28. The normalized spacial score (nSPS) is 10.4. The Kier molecular flexibility index (Phi) is 2.92. The van der Waals surface area contributed by atoms with Crippen LogP contribution in [0.15, 0.2) is 42.1 Å². The van der Waals surface area contributed by atoms with Crippen molar-refractivity contribution in [3.8, 4) is 0 Å². The van der Waals surface area contributed by atoms with E-state index in [0.717, 1.165) is 13.0 Å². The molecule has 5 heteroatoms. The van der Waals surface area contributed by atoms with Crippen LogP contribution in [0.25, 0.3) is 0 Å². The lowest BCUT2D eigenvalue weighted by Crippen LogP contribution is -2.19. The van der Waals surface area contributed by atoms with Crippen molar-refractivity contribution in [3.63, 3.8) is 0 Å². The first kappa shape index (κ1) is 9.64. The lowest BCUT2D eigenvalue weighted by molar-refractivity contribution is 0.547. The summed E-state index contributed by atoms with van der Waals surface area (Å²) in [4.78, 5) is 19.2. The van der Waals surface area contributed by atoms with Gasteiger partial charge in [-0.1, -0.05) is 0 Å². The highest BCUT2D eigenvalue weighted by atomic mass is 16.1. The summed E-state index contributed by atoms with van der Waals surface area (Å²) in [5.74, 6) is 0. The minimum atomic E-state index is -0.00405. The molecule has 0 saturated carbocycles. The summed E-state index contributed by atoms with van der Waals surface area (Å²) in [5, 5.41) is 0. The molecule has 0 aliphatic carbocycles. The summed E-state index contributed by atoms with van der Waals surface area (Å²) in [7, 11) is 0. The molecule has 2 aromatic heterocycles. The maximum atomic E-state index is 11.3. The van der Waals surface area contributed by atoms with Crippen LogP contribution in [-0.2, 0) is 13.1 Å². The zero-order chi connectivity index (χ0) is 10.5. The molecule has 0 aromatic carbocycles. The molecule has 78 valence electrons. The van der Waals surface area contributed by atoms with Crippen molar-refractivity contribution in [3.05, 3.63) is 47.7 Å². The van der Waals surface area contributed by atoms with Crippen molar-refractivity contribution in [2.24, 2.45) is 0 Å². The van der Waals surface area contributed by atoms with E-state index in [-0.39, 0.29) is 5.56 Å². The second kappa shape index (κ2) is 4.54. The van der Waals surface area contributed by atoms with E-state index in [1.165, 1.54) is 12.3 Å². The molecule has 0 N–H and O–H groups in total. The molecule has 2 rings (SSSR count).